The highest BCUT2D eigenvalue weighted by Gasteiger charge is 2.84. The normalized spacial score (nSPS) is 21.1. The highest BCUT2D eigenvalue weighted by Crippen LogP contribution is 2.56. The van der Waals surface area contributed by atoms with Crippen LogP contribution in [0, 0.1) is 0 Å². The molecule has 0 saturated heterocycles. The van der Waals surface area contributed by atoms with Crippen molar-refractivity contribution in [2.24, 2.45) is 0 Å². The topological polar surface area (TPSA) is 109 Å². The van der Waals surface area contributed by atoms with Crippen molar-refractivity contribution in [1.29, 1.82) is 0 Å². The quantitative estimate of drug-likeness (QED) is 0.322. The van der Waals surface area contributed by atoms with E-state index in [2.05, 4.69) is 23.2 Å². The minimum Gasteiger partial charge on any atom is -0.365 e. The summed E-state index contributed by atoms with van der Waals surface area (Å²) >= 11 is 8.33. The number of hydrogen-bond donors (Lipinski definition) is 2. The Balaban J connectivity index is 6.85. The molecule has 0 rings (SSSR count). The summed E-state index contributed by atoms with van der Waals surface area (Å²) in [5, 5.41) is 2.84. The lowest BCUT2D eigenvalue weighted by Crippen LogP contribution is -2.67. The van der Waals surface area contributed by atoms with Crippen molar-refractivity contribution in [2.45, 2.75) is 21.6 Å². The Kier molecular flexibility index (Phi) is 4.73. The lowest BCUT2D eigenvalue weighted by atomic mass is 10.2. The summed E-state index contributed by atoms with van der Waals surface area (Å²) in [5.74, 6) is 0. The Labute approximate surface area is 116 Å². The number of halogens is 8. The Morgan fingerprint density at radius 2 is 1.10 bits per heavy atom. The van der Waals surface area contributed by atoms with Crippen molar-refractivity contribution < 1.29 is 52.8 Å². The van der Waals surface area contributed by atoms with Crippen LogP contribution in [0.4, 0.5) is 26.3 Å². The van der Waals surface area contributed by atoms with Gasteiger partial charge in [0.1, 0.15) is 0 Å². The molecule has 0 aliphatic carbocycles. The average molecular weight is 395 g/mol. The van der Waals surface area contributed by atoms with Crippen molar-refractivity contribution in [3.63, 3.8) is 0 Å². The number of aliphatic hydroxyl groups is 1. The SMILES string of the molecule is O=S(=O)(O)S(=O)(=O)C(Cl)(C(F)(F)F)C(O)(Cl)C(F)(F)F. The molecule has 0 spiro atoms. The second-order valence-corrected chi connectivity index (χ2v) is 9.39. The van der Waals surface area contributed by atoms with E-state index in [9.17, 15) is 43.2 Å². The molecule has 0 saturated carbocycles. The van der Waals surface area contributed by atoms with Gasteiger partial charge in [-0.25, -0.2) is 8.42 Å². The molecular weight excluding hydrogens is 393 g/mol. The first-order chi connectivity index (χ1) is 8.25. The molecule has 0 aromatic carbocycles. The molecule has 20 heavy (non-hydrogen) atoms. The van der Waals surface area contributed by atoms with Crippen LogP contribution in [0.3, 0.4) is 0 Å². The van der Waals surface area contributed by atoms with Gasteiger partial charge in [-0.05, 0) is 0 Å². The summed E-state index contributed by atoms with van der Waals surface area (Å²) in [5.41, 5.74) is 0. The van der Waals surface area contributed by atoms with Gasteiger partial charge in [-0.2, -0.15) is 34.8 Å². The van der Waals surface area contributed by atoms with E-state index in [1.807, 2.05) is 0 Å². The van der Waals surface area contributed by atoms with Gasteiger partial charge in [-0.1, -0.05) is 23.2 Å². The highest BCUT2D eigenvalue weighted by atomic mass is 35.5. The smallest absolute Gasteiger partial charge is 0.365 e. The van der Waals surface area contributed by atoms with E-state index in [0.29, 0.717) is 0 Å². The third kappa shape index (κ3) is 2.56. The highest BCUT2D eigenvalue weighted by molar-refractivity contribution is 8.65. The molecule has 0 bridgehead atoms. The maximum Gasteiger partial charge on any atom is 0.434 e. The van der Waals surface area contributed by atoms with Crippen LogP contribution in [-0.2, 0) is 18.0 Å². The molecule has 16 heteroatoms. The van der Waals surface area contributed by atoms with Crippen molar-refractivity contribution in [2.75, 3.05) is 0 Å². The van der Waals surface area contributed by atoms with E-state index in [1.165, 1.54) is 0 Å². The summed E-state index contributed by atoms with van der Waals surface area (Å²) in [6.45, 7) is 0. The van der Waals surface area contributed by atoms with Crippen LogP contribution >= 0.6 is 23.2 Å². The summed E-state index contributed by atoms with van der Waals surface area (Å²) in [4.78, 5) is 0. The van der Waals surface area contributed by atoms with Crippen LogP contribution in [-0.4, -0.2) is 48.1 Å². The van der Waals surface area contributed by atoms with Crippen LogP contribution in [0.1, 0.15) is 0 Å². The van der Waals surface area contributed by atoms with Crippen LogP contribution in [0.25, 0.3) is 0 Å². The standard InChI is InChI=1S/C4H2Cl2F6O6S2/c5-1(13,3(7,8)9)2(6,4(10,11)12)19(14,15)20(16,17)18/h13H,(H,16,17,18). The van der Waals surface area contributed by atoms with Gasteiger partial charge in [-0.3, -0.25) is 4.55 Å². The Hall–Kier alpha value is -0.0200. The monoisotopic (exact) mass is 394 g/mol. The van der Waals surface area contributed by atoms with Gasteiger partial charge in [0.15, 0.2) is 0 Å². The molecule has 6 nitrogen and oxygen atoms in total. The lowest BCUT2D eigenvalue weighted by Gasteiger charge is -2.38. The van der Waals surface area contributed by atoms with E-state index >= 15 is 0 Å². The van der Waals surface area contributed by atoms with E-state index in [1.54, 1.807) is 0 Å². The average Bonchev–Trinajstić information content (AvgIpc) is 2.10. The maximum atomic E-state index is 12.5. The van der Waals surface area contributed by atoms with Crippen molar-refractivity contribution in [1.82, 2.24) is 0 Å². The molecule has 0 aliphatic rings. The van der Waals surface area contributed by atoms with Gasteiger partial charge in [0.2, 0.25) is 0 Å². The Bertz CT molecular complexity index is 590. The second-order valence-electron chi connectivity index (χ2n) is 3.09. The van der Waals surface area contributed by atoms with Gasteiger partial charge >= 0.3 is 34.6 Å². The van der Waals surface area contributed by atoms with Crippen LogP contribution in [0.2, 0.25) is 0 Å². The maximum absolute atomic E-state index is 12.5. The van der Waals surface area contributed by atoms with Crippen LogP contribution in [0.15, 0.2) is 0 Å². The Morgan fingerprint density at radius 1 is 0.800 bits per heavy atom. The first-order valence-electron chi connectivity index (χ1n) is 3.71. The molecule has 0 aromatic rings. The zero-order valence-electron chi connectivity index (χ0n) is 8.37. The van der Waals surface area contributed by atoms with Crippen LogP contribution < -0.4 is 0 Å². The van der Waals surface area contributed by atoms with Crippen LogP contribution in [0.5, 0.6) is 0 Å². The molecule has 2 N–H and O–H groups in total. The number of alkyl halides is 8. The predicted octanol–water partition coefficient (Wildman–Crippen LogP) is 1.19. The summed E-state index contributed by atoms with van der Waals surface area (Å²) in [6.07, 6.45) is -13.3. The summed E-state index contributed by atoms with van der Waals surface area (Å²) in [7, 11) is -14.1. The van der Waals surface area contributed by atoms with E-state index in [0.717, 1.165) is 0 Å². The fourth-order valence-corrected chi connectivity index (χ4v) is 4.73. The molecule has 0 amide bonds. The summed E-state index contributed by atoms with van der Waals surface area (Å²) < 4.78 is 119. The first-order valence-corrected chi connectivity index (χ1v) is 7.90. The zero-order chi connectivity index (χ0) is 17.0. The number of rotatable bonds is 3. The molecule has 0 radical (unpaired) electrons. The third-order valence-corrected chi connectivity index (χ3v) is 8.05. The van der Waals surface area contributed by atoms with Crippen molar-refractivity contribution in [3.8, 4) is 0 Å². The molecule has 0 aliphatic heterocycles. The fourth-order valence-electron chi connectivity index (χ4n) is 0.823. The van der Waals surface area contributed by atoms with Crippen molar-refractivity contribution in [3.05, 3.63) is 0 Å². The molecule has 0 heterocycles. The predicted molar refractivity (Wildman–Crippen MR) is 52.0 cm³/mol. The molecule has 0 fully saturated rings. The van der Waals surface area contributed by atoms with E-state index in [-0.39, 0.29) is 0 Å². The molecule has 2 atom stereocenters. The summed E-state index contributed by atoms with van der Waals surface area (Å²) in [6, 6.07) is 0. The lowest BCUT2D eigenvalue weighted by molar-refractivity contribution is -0.265. The van der Waals surface area contributed by atoms with Crippen molar-refractivity contribution >= 4 is 41.2 Å². The van der Waals surface area contributed by atoms with E-state index < -0.39 is 39.6 Å². The zero-order valence-corrected chi connectivity index (χ0v) is 11.5. The fraction of sp³-hybridized carbons (Fsp3) is 1.00. The van der Waals surface area contributed by atoms with Gasteiger partial charge in [0.05, 0.1) is 0 Å². The van der Waals surface area contributed by atoms with Gasteiger partial charge in [-0.15, -0.1) is 0 Å². The first kappa shape index (κ1) is 20.0. The van der Waals surface area contributed by atoms with E-state index in [4.69, 9.17) is 9.66 Å². The van der Waals surface area contributed by atoms with Gasteiger partial charge in [0.25, 0.3) is 5.06 Å². The van der Waals surface area contributed by atoms with Gasteiger partial charge < -0.3 is 5.11 Å². The second kappa shape index (κ2) is 4.74. The molecule has 2 unspecified atom stereocenters. The minimum atomic E-state index is -7.27. The molecular formula is C4H2Cl2F6O6S2. The number of hydrogen-bond acceptors (Lipinski definition) is 5. The third-order valence-electron chi connectivity index (χ3n) is 1.79. The largest absolute Gasteiger partial charge is 0.434 e. The molecule has 0 aromatic heterocycles. The minimum absolute atomic E-state index is 4.12. The Morgan fingerprint density at radius 3 is 1.25 bits per heavy atom. The molecule has 122 valence electrons. The van der Waals surface area contributed by atoms with Gasteiger partial charge in [0, 0.05) is 0 Å².